The van der Waals surface area contributed by atoms with Crippen LogP contribution in [0.5, 0.6) is 0 Å². The minimum atomic E-state index is -0.266. The van der Waals surface area contributed by atoms with E-state index in [1.165, 1.54) is 12.1 Å². The quantitative estimate of drug-likeness (QED) is 0.669. The summed E-state index contributed by atoms with van der Waals surface area (Å²) in [6, 6.07) is 8.04. The zero-order valence-electron chi connectivity index (χ0n) is 7.12. The second kappa shape index (κ2) is 3.01. The largest absolute Gasteiger partial charge is 0.361 e. The summed E-state index contributed by atoms with van der Waals surface area (Å²) in [7, 11) is 0. The summed E-state index contributed by atoms with van der Waals surface area (Å²) in [5.74, 6) is 0.456. The maximum absolute atomic E-state index is 12.8. The van der Waals surface area contributed by atoms with Crippen LogP contribution >= 0.6 is 0 Å². The van der Waals surface area contributed by atoms with Gasteiger partial charge in [-0.1, -0.05) is 17.3 Å². The van der Waals surface area contributed by atoms with E-state index in [0.717, 1.165) is 11.3 Å². The summed E-state index contributed by atoms with van der Waals surface area (Å²) < 4.78 is 17.7. The first-order valence-corrected chi connectivity index (χ1v) is 3.95. The molecule has 1 aromatic heterocycles. The average Bonchev–Trinajstić information content (AvgIpc) is 2.52. The molecule has 1 heterocycles. The molecule has 0 aliphatic carbocycles. The smallest absolute Gasteiger partial charge is 0.134 e. The van der Waals surface area contributed by atoms with Gasteiger partial charge in [-0.2, -0.15) is 0 Å². The standard InChI is InChI=1S/C10H8FNO/c1-7-5-10(12-13-7)8-3-2-4-9(11)6-8/h2-6H,1H3. The highest BCUT2D eigenvalue weighted by Crippen LogP contribution is 2.19. The molecule has 0 saturated carbocycles. The first-order chi connectivity index (χ1) is 6.25. The van der Waals surface area contributed by atoms with Crippen molar-refractivity contribution in [3.05, 3.63) is 41.9 Å². The lowest BCUT2D eigenvalue weighted by molar-refractivity contribution is 0.399. The Kier molecular flexibility index (Phi) is 1.85. The summed E-state index contributed by atoms with van der Waals surface area (Å²) in [5, 5.41) is 3.79. The summed E-state index contributed by atoms with van der Waals surface area (Å²) in [4.78, 5) is 0. The summed E-state index contributed by atoms with van der Waals surface area (Å²) >= 11 is 0. The average molecular weight is 177 g/mol. The molecule has 0 spiro atoms. The SMILES string of the molecule is Cc1cc(-c2cccc(F)c2)no1. The molecule has 0 saturated heterocycles. The van der Waals surface area contributed by atoms with E-state index in [-0.39, 0.29) is 5.82 Å². The van der Waals surface area contributed by atoms with Crippen LogP contribution in [0.25, 0.3) is 11.3 Å². The lowest BCUT2D eigenvalue weighted by atomic mass is 10.1. The van der Waals surface area contributed by atoms with Crippen LogP contribution in [0.1, 0.15) is 5.76 Å². The first kappa shape index (κ1) is 7.98. The molecule has 0 radical (unpaired) electrons. The van der Waals surface area contributed by atoms with Gasteiger partial charge >= 0.3 is 0 Å². The lowest BCUT2D eigenvalue weighted by Gasteiger charge is -1.93. The highest BCUT2D eigenvalue weighted by Gasteiger charge is 2.03. The van der Waals surface area contributed by atoms with Gasteiger partial charge in [0.15, 0.2) is 0 Å². The Labute approximate surface area is 75.0 Å². The van der Waals surface area contributed by atoms with Crippen LogP contribution in [0.3, 0.4) is 0 Å². The van der Waals surface area contributed by atoms with Gasteiger partial charge in [-0.25, -0.2) is 4.39 Å². The predicted molar refractivity (Wildman–Crippen MR) is 46.6 cm³/mol. The van der Waals surface area contributed by atoms with Crippen molar-refractivity contribution in [2.24, 2.45) is 0 Å². The maximum atomic E-state index is 12.8. The number of aryl methyl sites for hydroxylation is 1. The summed E-state index contributed by atoms with van der Waals surface area (Å²) in [6.45, 7) is 1.80. The van der Waals surface area contributed by atoms with E-state index in [1.807, 2.05) is 0 Å². The fourth-order valence-electron chi connectivity index (χ4n) is 1.15. The van der Waals surface area contributed by atoms with Gasteiger partial charge in [0, 0.05) is 11.6 Å². The fourth-order valence-corrected chi connectivity index (χ4v) is 1.15. The van der Waals surface area contributed by atoms with Crippen molar-refractivity contribution in [1.29, 1.82) is 0 Å². The molecule has 2 rings (SSSR count). The zero-order valence-corrected chi connectivity index (χ0v) is 7.12. The minimum Gasteiger partial charge on any atom is -0.361 e. The molecule has 0 bridgehead atoms. The summed E-state index contributed by atoms with van der Waals surface area (Å²) in [6.07, 6.45) is 0. The Hall–Kier alpha value is -1.64. The highest BCUT2D eigenvalue weighted by atomic mass is 19.1. The van der Waals surface area contributed by atoms with Gasteiger partial charge in [-0.05, 0) is 19.1 Å². The Morgan fingerprint density at radius 2 is 2.15 bits per heavy atom. The molecular weight excluding hydrogens is 169 g/mol. The Morgan fingerprint density at radius 1 is 1.31 bits per heavy atom. The Bertz CT molecular complexity index is 422. The number of hydrogen-bond acceptors (Lipinski definition) is 2. The van der Waals surface area contributed by atoms with E-state index in [1.54, 1.807) is 25.1 Å². The van der Waals surface area contributed by atoms with Crippen LogP contribution in [0.2, 0.25) is 0 Å². The topological polar surface area (TPSA) is 26.0 Å². The number of benzene rings is 1. The molecule has 66 valence electrons. The van der Waals surface area contributed by atoms with E-state index in [9.17, 15) is 4.39 Å². The molecule has 0 unspecified atom stereocenters. The molecule has 13 heavy (non-hydrogen) atoms. The van der Waals surface area contributed by atoms with Crippen LogP contribution < -0.4 is 0 Å². The van der Waals surface area contributed by atoms with Crippen LogP contribution in [0, 0.1) is 12.7 Å². The van der Waals surface area contributed by atoms with E-state index in [4.69, 9.17) is 4.52 Å². The van der Waals surface area contributed by atoms with Gasteiger partial charge in [0.05, 0.1) is 0 Å². The molecule has 0 aliphatic heterocycles. The minimum absolute atomic E-state index is 0.266. The van der Waals surface area contributed by atoms with Crippen molar-refractivity contribution in [3.8, 4) is 11.3 Å². The van der Waals surface area contributed by atoms with Gasteiger partial charge in [-0.15, -0.1) is 0 Å². The van der Waals surface area contributed by atoms with Crippen molar-refractivity contribution in [2.75, 3.05) is 0 Å². The molecule has 1 aromatic carbocycles. The van der Waals surface area contributed by atoms with E-state index < -0.39 is 0 Å². The van der Waals surface area contributed by atoms with Gasteiger partial charge in [0.1, 0.15) is 17.3 Å². The predicted octanol–water partition coefficient (Wildman–Crippen LogP) is 2.79. The van der Waals surface area contributed by atoms with Gasteiger partial charge in [-0.3, -0.25) is 0 Å². The number of halogens is 1. The number of hydrogen-bond donors (Lipinski definition) is 0. The van der Waals surface area contributed by atoms with E-state index >= 15 is 0 Å². The molecule has 3 heteroatoms. The third-order valence-corrected chi connectivity index (χ3v) is 1.75. The third kappa shape index (κ3) is 1.59. The van der Waals surface area contributed by atoms with Crippen LogP contribution in [0.4, 0.5) is 4.39 Å². The van der Waals surface area contributed by atoms with Crippen LogP contribution in [0.15, 0.2) is 34.9 Å². The monoisotopic (exact) mass is 177 g/mol. The van der Waals surface area contributed by atoms with Crippen molar-refractivity contribution >= 4 is 0 Å². The lowest BCUT2D eigenvalue weighted by Crippen LogP contribution is -1.78. The van der Waals surface area contributed by atoms with Crippen molar-refractivity contribution < 1.29 is 8.91 Å². The molecule has 0 amide bonds. The number of nitrogens with zero attached hydrogens (tertiary/aromatic N) is 1. The molecule has 0 aliphatic rings. The highest BCUT2D eigenvalue weighted by molar-refractivity contribution is 5.58. The van der Waals surface area contributed by atoms with E-state index in [0.29, 0.717) is 5.69 Å². The maximum Gasteiger partial charge on any atom is 0.134 e. The second-order valence-corrected chi connectivity index (χ2v) is 2.83. The molecule has 2 aromatic rings. The normalized spacial score (nSPS) is 10.3. The van der Waals surface area contributed by atoms with Gasteiger partial charge in [0.25, 0.3) is 0 Å². The first-order valence-electron chi connectivity index (χ1n) is 3.95. The summed E-state index contributed by atoms with van der Waals surface area (Å²) in [5.41, 5.74) is 1.40. The molecular formula is C10H8FNO. The van der Waals surface area contributed by atoms with Crippen LogP contribution in [-0.2, 0) is 0 Å². The van der Waals surface area contributed by atoms with Crippen molar-refractivity contribution in [3.63, 3.8) is 0 Å². The van der Waals surface area contributed by atoms with Crippen molar-refractivity contribution in [1.82, 2.24) is 5.16 Å². The fraction of sp³-hybridized carbons (Fsp3) is 0.100. The van der Waals surface area contributed by atoms with Crippen LogP contribution in [-0.4, -0.2) is 5.16 Å². The van der Waals surface area contributed by atoms with Gasteiger partial charge < -0.3 is 4.52 Å². The second-order valence-electron chi connectivity index (χ2n) is 2.83. The number of aromatic nitrogens is 1. The molecule has 0 fully saturated rings. The third-order valence-electron chi connectivity index (χ3n) is 1.75. The molecule has 0 N–H and O–H groups in total. The molecule has 0 atom stereocenters. The molecule has 2 nitrogen and oxygen atoms in total. The Balaban J connectivity index is 2.46. The van der Waals surface area contributed by atoms with Gasteiger partial charge in [0.2, 0.25) is 0 Å². The van der Waals surface area contributed by atoms with Crippen molar-refractivity contribution in [2.45, 2.75) is 6.92 Å². The zero-order chi connectivity index (χ0) is 9.26. The number of rotatable bonds is 1. The Morgan fingerprint density at radius 3 is 2.77 bits per heavy atom. The van der Waals surface area contributed by atoms with E-state index in [2.05, 4.69) is 5.16 Å².